The van der Waals surface area contributed by atoms with Gasteiger partial charge < -0.3 is 10.2 Å². The number of carbonyl (C=O) groups excluding carboxylic acids is 2. The van der Waals surface area contributed by atoms with Gasteiger partial charge >= 0.3 is 0 Å². The van der Waals surface area contributed by atoms with Crippen LogP contribution in [0.2, 0.25) is 0 Å². The second kappa shape index (κ2) is 9.49. The molecule has 1 N–H and O–H groups in total. The lowest BCUT2D eigenvalue weighted by Crippen LogP contribution is -2.34. The maximum atomic E-state index is 13.7. The number of hydrogen-bond donors (Lipinski definition) is 1. The Bertz CT molecular complexity index is 820. The van der Waals surface area contributed by atoms with Gasteiger partial charge in [-0.2, -0.15) is 0 Å². The minimum Gasteiger partial charge on any atom is -0.324 e. The molecule has 0 aliphatic heterocycles. The van der Waals surface area contributed by atoms with E-state index in [2.05, 4.69) is 33.0 Å². The predicted molar refractivity (Wildman–Crippen MR) is 112 cm³/mol. The van der Waals surface area contributed by atoms with E-state index in [0.29, 0.717) is 0 Å². The summed E-state index contributed by atoms with van der Waals surface area (Å²) < 4.78 is 13.7. The highest BCUT2D eigenvalue weighted by molar-refractivity contribution is 5.96. The molecule has 2 aromatic rings. The Hall–Kier alpha value is -2.69. The number of rotatable bonds is 7. The van der Waals surface area contributed by atoms with Crippen LogP contribution < -0.4 is 10.2 Å². The van der Waals surface area contributed by atoms with Crippen LogP contribution in [0, 0.1) is 5.82 Å². The van der Waals surface area contributed by atoms with Crippen molar-refractivity contribution in [2.45, 2.75) is 52.9 Å². The van der Waals surface area contributed by atoms with Gasteiger partial charge in [-0.3, -0.25) is 9.59 Å². The van der Waals surface area contributed by atoms with Gasteiger partial charge in [0.15, 0.2) is 0 Å². The van der Waals surface area contributed by atoms with E-state index < -0.39 is 5.82 Å². The Morgan fingerprint density at radius 1 is 0.964 bits per heavy atom. The molecule has 150 valence electrons. The lowest BCUT2D eigenvalue weighted by atomic mass is 9.91. The van der Waals surface area contributed by atoms with Gasteiger partial charge in [0.2, 0.25) is 11.8 Å². The maximum Gasteiger partial charge on any atom is 0.226 e. The average molecular weight is 384 g/mol. The number of para-hydroxylation sites is 2. The molecule has 2 aromatic carbocycles. The Balaban J connectivity index is 2.26. The predicted octanol–water partition coefficient (Wildman–Crippen LogP) is 5.45. The molecule has 0 radical (unpaired) electrons. The molecule has 0 saturated heterocycles. The third-order valence-electron chi connectivity index (χ3n) is 4.70. The third kappa shape index (κ3) is 5.18. The van der Waals surface area contributed by atoms with Crippen molar-refractivity contribution in [3.05, 3.63) is 59.4 Å². The van der Waals surface area contributed by atoms with Crippen LogP contribution in [0.5, 0.6) is 0 Å². The zero-order valence-electron chi connectivity index (χ0n) is 17.3. The Morgan fingerprint density at radius 2 is 1.54 bits per heavy atom. The van der Waals surface area contributed by atoms with Crippen LogP contribution in [0.15, 0.2) is 42.5 Å². The van der Waals surface area contributed by atoms with Crippen molar-refractivity contribution < 1.29 is 14.0 Å². The van der Waals surface area contributed by atoms with E-state index in [-0.39, 0.29) is 42.3 Å². The standard InChI is InChI=1S/C23H29FN2O2/c1-15(2)18-9-8-10-19(16(3)4)23(18)26(17(5)27)14-13-22(28)25-21-12-7-6-11-20(21)24/h6-12,15-16H,13-14H2,1-5H3,(H,25,28). The molecule has 0 aromatic heterocycles. The van der Waals surface area contributed by atoms with Crippen LogP contribution in [0.1, 0.15) is 64.0 Å². The molecular formula is C23H29FN2O2. The van der Waals surface area contributed by atoms with Crippen molar-refractivity contribution in [2.24, 2.45) is 0 Å². The monoisotopic (exact) mass is 384 g/mol. The Kier molecular flexibility index (Phi) is 7.32. The summed E-state index contributed by atoms with van der Waals surface area (Å²) in [4.78, 5) is 26.5. The minimum atomic E-state index is -0.480. The summed E-state index contributed by atoms with van der Waals surface area (Å²) in [5, 5.41) is 2.58. The van der Waals surface area contributed by atoms with E-state index in [0.717, 1.165) is 16.8 Å². The van der Waals surface area contributed by atoms with Crippen LogP contribution in [-0.4, -0.2) is 18.4 Å². The molecule has 0 fully saturated rings. The zero-order chi connectivity index (χ0) is 20.8. The number of halogens is 1. The summed E-state index contributed by atoms with van der Waals surface area (Å²) in [5.41, 5.74) is 3.19. The van der Waals surface area contributed by atoms with E-state index in [1.165, 1.54) is 19.1 Å². The highest BCUT2D eigenvalue weighted by atomic mass is 19.1. The molecule has 0 aliphatic carbocycles. The molecule has 5 heteroatoms. The fourth-order valence-corrected chi connectivity index (χ4v) is 3.24. The molecule has 2 amide bonds. The van der Waals surface area contributed by atoms with Gasteiger partial charge in [0.1, 0.15) is 5.82 Å². The molecular weight excluding hydrogens is 355 g/mol. The van der Waals surface area contributed by atoms with Crippen molar-refractivity contribution in [1.82, 2.24) is 0 Å². The smallest absolute Gasteiger partial charge is 0.226 e. The molecule has 2 rings (SSSR count). The van der Waals surface area contributed by atoms with Crippen molar-refractivity contribution >= 4 is 23.2 Å². The van der Waals surface area contributed by atoms with Gasteiger partial charge in [-0.15, -0.1) is 0 Å². The van der Waals surface area contributed by atoms with E-state index in [4.69, 9.17) is 0 Å². The van der Waals surface area contributed by atoms with E-state index in [1.54, 1.807) is 17.0 Å². The summed E-state index contributed by atoms with van der Waals surface area (Å²) in [6.45, 7) is 10.1. The average Bonchev–Trinajstić information content (AvgIpc) is 2.63. The first kappa shape index (κ1) is 21.6. The number of carbonyl (C=O) groups is 2. The lowest BCUT2D eigenvalue weighted by molar-refractivity contribution is -0.117. The number of amides is 2. The number of nitrogens with zero attached hydrogens (tertiary/aromatic N) is 1. The van der Waals surface area contributed by atoms with Gasteiger partial charge in [0, 0.05) is 19.9 Å². The largest absolute Gasteiger partial charge is 0.324 e. The summed E-state index contributed by atoms with van der Waals surface area (Å²) in [5.74, 6) is -0.449. The molecule has 0 atom stereocenters. The summed E-state index contributed by atoms with van der Waals surface area (Å²) in [7, 11) is 0. The molecule has 0 spiro atoms. The summed E-state index contributed by atoms with van der Waals surface area (Å²) >= 11 is 0. The lowest BCUT2D eigenvalue weighted by Gasteiger charge is -2.29. The van der Waals surface area contributed by atoms with E-state index in [1.807, 2.05) is 18.2 Å². The van der Waals surface area contributed by atoms with Crippen molar-refractivity contribution in [3.8, 4) is 0 Å². The zero-order valence-corrected chi connectivity index (χ0v) is 17.3. The van der Waals surface area contributed by atoms with E-state index in [9.17, 15) is 14.0 Å². The Morgan fingerprint density at radius 3 is 2.04 bits per heavy atom. The van der Waals surface area contributed by atoms with Crippen LogP contribution in [0.4, 0.5) is 15.8 Å². The second-order valence-electron chi connectivity index (χ2n) is 7.54. The second-order valence-corrected chi connectivity index (χ2v) is 7.54. The molecule has 0 aliphatic rings. The fourth-order valence-electron chi connectivity index (χ4n) is 3.24. The maximum absolute atomic E-state index is 13.7. The fraction of sp³-hybridized carbons (Fsp3) is 0.391. The number of anilines is 2. The molecule has 0 unspecified atom stereocenters. The highest BCUT2D eigenvalue weighted by Gasteiger charge is 2.22. The van der Waals surface area contributed by atoms with E-state index >= 15 is 0 Å². The van der Waals surface area contributed by atoms with Crippen LogP contribution in [-0.2, 0) is 9.59 Å². The van der Waals surface area contributed by atoms with Gasteiger partial charge in [0.05, 0.1) is 11.4 Å². The number of hydrogen-bond acceptors (Lipinski definition) is 2. The molecule has 0 bridgehead atoms. The first-order valence-electron chi connectivity index (χ1n) is 9.67. The summed E-state index contributed by atoms with van der Waals surface area (Å²) in [6.07, 6.45) is 0.0812. The first-order chi connectivity index (χ1) is 13.2. The first-order valence-corrected chi connectivity index (χ1v) is 9.67. The van der Waals surface area contributed by atoms with Crippen LogP contribution >= 0.6 is 0 Å². The topological polar surface area (TPSA) is 49.4 Å². The van der Waals surface area contributed by atoms with Gasteiger partial charge in [-0.1, -0.05) is 58.0 Å². The number of nitrogens with one attached hydrogen (secondary N) is 1. The normalized spacial score (nSPS) is 11.0. The van der Waals surface area contributed by atoms with Crippen molar-refractivity contribution in [2.75, 3.05) is 16.8 Å². The molecule has 0 heterocycles. The summed E-state index contributed by atoms with van der Waals surface area (Å²) in [6, 6.07) is 12.1. The highest BCUT2D eigenvalue weighted by Crippen LogP contribution is 2.35. The quantitative estimate of drug-likeness (QED) is 0.690. The van der Waals surface area contributed by atoms with Crippen LogP contribution in [0.25, 0.3) is 0 Å². The number of benzene rings is 2. The third-order valence-corrected chi connectivity index (χ3v) is 4.70. The molecule has 4 nitrogen and oxygen atoms in total. The van der Waals surface area contributed by atoms with Crippen molar-refractivity contribution in [3.63, 3.8) is 0 Å². The van der Waals surface area contributed by atoms with Gasteiger partial charge in [-0.25, -0.2) is 4.39 Å². The Labute approximate surface area is 166 Å². The SMILES string of the molecule is CC(=O)N(CCC(=O)Nc1ccccc1F)c1c(C(C)C)cccc1C(C)C. The van der Waals surface area contributed by atoms with Crippen molar-refractivity contribution in [1.29, 1.82) is 0 Å². The van der Waals surface area contributed by atoms with Gasteiger partial charge in [0.25, 0.3) is 0 Å². The molecule has 0 saturated carbocycles. The minimum absolute atomic E-state index is 0.0812. The molecule has 28 heavy (non-hydrogen) atoms. The van der Waals surface area contributed by atoms with Gasteiger partial charge in [-0.05, 0) is 35.1 Å². The van der Waals surface area contributed by atoms with Crippen LogP contribution in [0.3, 0.4) is 0 Å².